The van der Waals surface area contributed by atoms with E-state index in [-0.39, 0.29) is 0 Å². The van der Waals surface area contributed by atoms with E-state index in [1.165, 1.54) is 0 Å². The average molecular weight is 148 g/mol. The molecule has 9 heteroatoms. The molecule has 0 fully saturated rings. The van der Waals surface area contributed by atoms with Gasteiger partial charge in [-0.25, -0.2) is 0 Å². The van der Waals surface area contributed by atoms with Crippen LogP contribution in [0.5, 0.6) is 0 Å². The first-order valence-electron chi connectivity index (χ1n) is 1.73. The molecule has 0 aromatic rings. The standard InChI is InChI=1S/CH3N5.HNO3/c2-1(3)5-6-4;2-1(3)4/h(H3,2,3);(H,2,3,4). The molecule has 0 aromatic heterocycles. The lowest BCUT2D eigenvalue weighted by Crippen LogP contribution is -2.02. The van der Waals surface area contributed by atoms with Crippen LogP contribution in [0.3, 0.4) is 0 Å². The number of rotatable bonds is 0. The molecule has 0 aliphatic rings. The Hall–Kier alpha value is -2.02. The third-order valence-corrected chi connectivity index (χ3v) is 0.152. The van der Waals surface area contributed by atoms with Crippen LogP contribution in [0.4, 0.5) is 0 Å². The summed E-state index contributed by atoms with van der Waals surface area (Å²) in [5.74, 6) is -0.502. The highest BCUT2D eigenvalue weighted by atomic mass is 16.9. The van der Waals surface area contributed by atoms with Crippen molar-refractivity contribution in [2.75, 3.05) is 0 Å². The van der Waals surface area contributed by atoms with E-state index >= 15 is 0 Å². The maximum absolute atomic E-state index is 8.36. The minimum Gasteiger partial charge on any atom is -0.382 e. The van der Waals surface area contributed by atoms with Gasteiger partial charge in [-0.15, -0.1) is 10.1 Å². The van der Waals surface area contributed by atoms with Crippen molar-refractivity contribution in [3.05, 3.63) is 20.6 Å². The number of nitrogens with two attached hydrogens (primary N) is 1. The number of nitrogens with one attached hydrogen (secondary N) is 1. The van der Waals surface area contributed by atoms with E-state index in [4.69, 9.17) is 26.3 Å². The lowest BCUT2D eigenvalue weighted by molar-refractivity contribution is -0.742. The quantitative estimate of drug-likeness (QED) is 0.0827. The van der Waals surface area contributed by atoms with E-state index in [1.54, 1.807) is 0 Å². The maximum Gasteiger partial charge on any atom is 0.291 e. The summed E-state index contributed by atoms with van der Waals surface area (Å²) in [7, 11) is 0. The van der Waals surface area contributed by atoms with Crippen molar-refractivity contribution < 1.29 is 10.3 Å². The van der Waals surface area contributed by atoms with Gasteiger partial charge in [0, 0.05) is 4.91 Å². The first-order valence-corrected chi connectivity index (χ1v) is 1.73. The predicted molar refractivity (Wildman–Crippen MR) is 29.8 cm³/mol. The van der Waals surface area contributed by atoms with Gasteiger partial charge >= 0.3 is 0 Å². The van der Waals surface area contributed by atoms with E-state index < -0.39 is 11.0 Å². The number of guanidine groups is 1. The fourth-order valence-corrected chi connectivity index (χ4v) is 0.0482. The van der Waals surface area contributed by atoms with Crippen LogP contribution >= 0.6 is 0 Å². The molecule has 56 valence electrons. The second kappa shape index (κ2) is 6.98. The summed E-state index contributed by atoms with van der Waals surface area (Å²) >= 11 is 0. The number of nitrogens with zero attached hydrogens (tertiary/aromatic N) is 4. The lowest BCUT2D eigenvalue weighted by atomic mass is 11.1. The molecule has 10 heavy (non-hydrogen) atoms. The van der Waals surface area contributed by atoms with Gasteiger partial charge in [-0.1, -0.05) is 0 Å². The second-order valence-electron chi connectivity index (χ2n) is 0.813. The van der Waals surface area contributed by atoms with Crippen LogP contribution in [0.25, 0.3) is 10.4 Å². The van der Waals surface area contributed by atoms with Gasteiger partial charge in [0.25, 0.3) is 5.09 Å². The first kappa shape index (κ1) is 10.9. The topological polar surface area (TPSA) is 162 Å². The summed E-state index contributed by atoms with van der Waals surface area (Å²) in [6.07, 6.45) is 0. The van der Waals surface area contributed by atoms with Crippen molar-refractivity contribution in [3.63, 3.8) is 0 Å². The van der Waals surface area contributed by atoms with Crippen molar-refractivity contribution in [1.82, 2.24) is 0 Å². The van der Waals surface area contributed by atoms with Gasteiger partial charge in [-0.05, 0) is 10.6 Å². The van der Waals surface area contributed by atoms with Crippen LogP contribution < -0.4 is 5.73 Å². The van der Waals surface area contributed by atoms with Gasteiger partial charge in [0.2, 0.25) is 0 Å². The molecule has 0 spiro atoms. The SMILES string of the molecule is O=[N+]([O-])O.[N-]=[N+]=NC(=N)N. The van der Waals surface area contributed by atoms with E-state index in [1.807, 2.05) is 0 Å². The Morgan fingerprint density at radius 1 is 2.00 bits per heavy atom. The fraction of sp³-hybridized carbons (Fsp3) is 0. The molecule has 0 saturated carbocycles. The molecule has 9 nitrogen and oxygen atoms in total. The van der Waals surface area contributed by atoms with Gasteiger partial charge in [-0.3, -0.25) is 5.41 Å². The van der Waals surface area contributed by atoms with E-state index in [0.717, 1.165) is 0 Å². The molecule has 4 N–H and O–H groups in total. The molecule has 0 aliphatic carbocycles. The molecule has 0 saturated heterocycles. The average Bonchev–Trinajstić information content (AvgIpc) is 1.62. The third kappa shape index (κ3) is 154. The van der Waals surface area contributed by atoms with Crippen LogP contribution in [0.15, 0.2) is 5.11 Å². The van der Waals surface area contributed by atoms with Crippen molar-refractivity contribution in [2.45, 2.75) is 0 Å². The molecular formula is CH4N6O3. The van der Waals surface area contributed by atoms with Gasteiger partial charge < -0.3 is 10.9 Å². The molecule has 0 rings (SSSR count). The zero-order chi connectivity index (χ0) is 8.57. The minimum atomic E-state index is -1.50. The number of azide groups is 1. The minimum absolute atomic E-state index is 0.502. The van der Waals surface area contributed by atoms with Crippen LogP contribution in [-0.2, 0) is 0 Å². The van der Waals surface area contributed by atoms with Crippen molar-refractivity contribution in [3.8, 4) is 0 Å². The van der Waals surface area contributed by atoms with Gasteiger partial charge in [0.15, 0.2) is 5.96 Å². The molecule has 0 unspecified atom stereocenters. The Morgan fingerprint density at radius 2 is 2.30 bits per heavy atom. The van der Waals surface area contributed by atoms with E-state index in [9.17, 15) is 0 Å². The fourth-order valence-electron chi connectivity index (χ4n) is 0.0482. The molecule has 0 amide bonds. The Bertz CT molecular complexity index is 164. The molecule has 0 heterocycles. The molecule has 0 radical (unpaired) electrons. The monoisotopic (exact) mass is 148 g/mol. The lowest BCUT2D eigenvalue weighted by Gasteiger charge is -1.69. The third-order valence-electron chi connectivity index (χ3n) is 0.152. The highest BCUT2D eigenvalue weighted by Gasteiger charge is 1.68. The van der Waals surface area contributed by atoms with Gasteiger partial charge in [-0.2, -0.15) is 0 Å². The smallest absolute Gasteiger partial charge is 0.291 e. The van der Waals surface area contributed by atoms with E-state index in [2.05, 4.69) is 15.8 Å². The summed E-state index contributed by atoms with van der Waals surface area (Å²) in [5, 5.41) is 22.6. The van der Waals surface area contributed by atoms with Crippen LogP contribution in [-0.4, -0.2) is 16.3 Å². The largest absolute Gasteiger partial charge is 0.382 e. The highest BCUT2D eigenvalue weighted by Crippen LogP contribution is 1.59. The molecule has 0 bridgehead atoms. The Kier molecular flexibility index (Phi) is 7.59. The maximum atomic E-state index is 8.36. The zero-order valence-electron chi connectivity index (χ0n) is 4.63. The van der Waals surface area contributed by atoms with Gasteiger partial charge in [0.05, 0.1) is 0 Å². The summed E-state index contributed by atoms with van der Waals surface area (Å²) < 4.78 is 0. The van der Waals surface area contributed by atoms with Gasteiger partial charge in [0.1, 0.15) is 0 Å². The molecule has 0 atom stereocenters. The first-order chi connectivity index (χ1) is 4.50. The Balaban J connectivity index is 0. The van der Waals surface area contributed by atoms with Crippen LogP contribution in [0.2, 0.25) is 0 Å². The normalized spacial score (nSPS) is 6.00. The van der Waals surface area contributed by atoms with Crippen LogP contribution in [0.1, 0.15) is 0 Å². The van der Waals surface area contributed by atoms with Crippen LogP contribution in [0, 0.1) is 15.5 Å². The Morgan fingerprint density at radius 3 is 2.30 bits per heavy atom. The van der Waals surface area contributed by atoms with E-state index in [0.29, 0.717) is 0 Å². The van der Waals surface area contributed by atoms with Crippen molar-refractivity contribution in [1.29, 1.82) is 5.41 Å². The number of hydrogen-bond acceptors (Lipinski definition) is 3. The predicted octanol–water partition coefficient (Wildman–Crippen LogP) is -0.158. The summed E-state index contributed by atoms with van der Waals surface area (Å²) in [4.78, 5) is 10.6. The van der Waals surface area contributed by atoms with Crippen molar-refractivity contribution in [2.24, 2.45) is 10.8 Å². The molecule has 0 aromatic carbocycles. The highest BCUT2D eigenvalue weighted by molar-refractivity contribution is 5.74. The Labute approximate surface area is 54.3 Å². The molecular weight excluding hydrogens is 144 g/mol. The summed E-state index contributed by atoms with van der Waals surface area (Å²) in [6.45, 7) is 0. The second-order valence-corrected chi connectivity index (χ2v) is 0.813. The zero-order valence-corrected chi connectivity index (χ0v) is 4.63. The molecule has 0 aliphatic heterocycles. The number of hydrogen-bond donors (Lipinski definition) is 3. The summed E-state index contributed by atoms with van der Waals surface area (Å²) in [5.41, 5.74) is 12.0. The summed E-state index contributed by atoms with van der Waals surface area (Å²) in [6, 6.07) is 0. The van der Waals surface area contributed by atoms with Crippen molar-refractivity contribution >= 4 is 5.96 Å².